The molecule has 1 aromatic carbocycles. The van der Waals surface area contributed by atoms with Gasteiger partial charge in [-0.3, -0.25) is 4.79 Å². The highest BCUT2D eigenvalue weighted by Crippen LogP contribution is 2.39. The Balaban J connectivity index is 1.58. The third kappa shape index (κ3) is 2.70. The van der Waals surface area contributed by atoms with E-state index in [1.807, 2.05) is 24.1 Å². The van der Waals surface area contributed by atoms with Crippen molar-refractivity contribution in [3.05, 3.63) is 54.0 Å². The second kappa shape index (κ2) is 6.34. The predicted molar refractivity (Wildman–Crippen MR) is 93.8 cm³/mol. The normalized spacial score (nSPS) is 22.6. The first-order valence-corrected chi connectivity index (χ1v) is 8.86. The van der Waals surface area contributed by atoms with E-state index in [0.717, 1.165) is 25.1 Å². The molecule has 24 heavy (non-hydrogen) atoms. The molecule has 4 nitrogen and oxygen atoms in total. The van der Waals surface area contributed by atoms with Crippen LogP contribution in [0.4, 0.5) is 5.69 Å². The first-order chi connectivity index (χ1) is 11.7. The Hall–Kier alpha value is -2.23. The maximum atomic E-state index is 13.1. The standard InChI is InChI=1S/C20H24N2O2/c1-21(14-16-8-6-12-24-16)20(23)17-13-15-7-2-3-9-18(15)22-11-5-4-10-19(17)22/h2-3,6-9,12,17,19H,4-5,10-11,13-14H2,1H3. The number of hydrogen-bond acceptors (Lipinski definition) is 3. The summed E-state index contributed by atoms with van der Waals surface area (Å²) in [7, 11) is 1.89. The number of benzene rings is 1. The summed E-state index contributed by atoms with van der Waals surface area (Å²) in [4.78, 5) is 17.4. The summed E-state index contributed by atoms with van der Waals surface area (Å²) in [6, 6.07) is 12.7. The van der Waals surface area contributed by atoms with Crippen LogP contribution in [-0.4, -0.2) is 30.4 Å². The fraction of sp³-hybridized carbons (Fsp3) is 0.450. The van der Waals surface area contributed by atoms with Gasteiger partial charge in [-0.1, -0.05) is 18.2 Å². The van der Waals surface area contributed by atoms with Crippen molar-refractivity contribution in [3.8, 4) is 0 Å². The zero-order chi connectivity index (χ0) is 16.5. The van der Waals surface area contributed by atoms with Crippen LogP contribution in [0.1, 0.15) is 30.6 Å². The molecule has 0 N–H and O–H groups in total. The molecule has 1 fully saturated rings. The Bertz CT molecular complexity index is 710. The molecule has 1 saturated heterocycles. The molecular formula is C20H24N2O2. The lowest BCUT2D eigenvalue weighted by Crippen LogP contribution is -2.53. The van der Waals surface area contributed by atoms with Gasteiger partial charge in [-0.2, -0.15) is 0 Å². The number of para-hydroxylation sites is 1. The summed E-state index contributed by atoms with van der Waals surface area (Å²) in [5.41, 5.74) is 2.64. The van der Waals surface area contributed by atoms with Crippen LogP contribution >= 0.6 is 0 Å². The Kier molecular flexibility index (Phi) is 4.05. The monoisotopic (exact) mass is 324 g/mol. The van der Waals surface area contributed by atoms with Gasteiger partial charge in [-0.25, -0.2) is 0 Å². The number of amides is 1. The lowest BCUT2D eigenvalue weighted by Gasteiger charge is -2.46. The highest BCUT2D eigenvalue weighted by molar-refractivity contribution is 5.82. The number of piperidine rings is 1. The molecule has 0 aliphatic carbocycles. The maximum absolute atomic E-state index is 13.1. The van der Waals surface area contributed by atoms with Crippen LogP contribution in [-0.2, 0) is 17.8 Å². The minimum Gasteiger partial charge on any atom is -0.467 e. The summed E-state index contributed by atoms with van der Waals surface area (Å²) in [5, 5.41) is 0. The number of anilines is 1. The highest BCUT2D eigenvalue weighted by Gasteiger charge is 2.40. The summed E-state index contributed by atoms with van der Waals surface area (Å²) >= 11 is 0. The largest absolute Gasteiger partial charge is 0.467 e. The van der Waals surface area contributed by atoms with E-state index in [1.54, 1.807) is 6.26 Å². The van der Waals surface area contributed by atoms with Gasteiger partial charge in [-0.15, -0.1) is 0 Å². The van der Waals surface area contributed by atoms with Crippen LogP contribution in [0, 0.1) is 5.92 Å². The molecule has 126 valence electrons. The first-order valence-electron chi connectivity index (χ1n) is 8.86. The van der Waals surface area contributed by atoms with Gasteiger partial charge in [0.15, 0.2) is 0 Å². The van der Waals surface area contributed by atoms with Crippen molar-refractivity contribution in [2.75, 3.05) is 18.5 Å². The van der Waals surface area contributed by atoms with E-state index in [-0.39, 0.29) is 11.8 Å². The molecule has 1 amide bonds. The maximum Gasteiger partial charge on any atom is 0.228 e. The molecule has 1 aromatic heterocycles. The summed E-state index contributed by atoms with van der Waals surface area (Å²) in [6.07, 6.45) is 6.05. The van der Waals surface area contributed by atoms with Crippen LogP contribution in [0.15, 0.2) is 47.1 Å². The van der Waals surface area contributed by atoms with E-state index in [1.165, 1.54) is 24.1 Å². The number of nitrogens with zero attached hydrogens (tertiary/aromatic N) is 2. The fourth-order valence-corrected chi connectivity index (χ4v) is 4.26. The van der Waals surface area contributed by atoms with Gasteiger partial charge >= 0.3 is 0 Å². The summed E-state index contributed by atoms with van der Waals surface area (Å²) in [6.45, 7) is 1.60. The molecule has 0 radical (unpaired) electrons. The number of fused-ring (bicyclic) bond motifs is 3. The molecule has 0 saturated carbocycles. The smallest absolute Gasteiger partial charge is 0.228 e. The molecule has 4 heteroatoms. The first kappa shape index (κ1) is 15.3. The number of hydrogen-bond donors (Lipinski definition) is 0. The van der Waals surface area contributed by atoms with Crippen molar-refractivity contribution in [2.45, 2.75) is 38.3 Å². The van der Waals surface area contributed by atoms with Gasteiger partial charge in [-0.05, 0) is 49.4 Å². The molecule has 2 atom stereocenters. The molecule has 2 aliphatic rings. The topological polar surface area (TPSA) is 36.7 Å². The number of carbonyl (C=O) groups is 1. The van der Waals surface area contributed by atoms with Gasteiger partial charge in [0.05, 0.1) is 18.7 Å². The minimum atomic E-state index is 0.0418. The van der Waals surface area contributed by atoms with E-state index in [0.29, 0.717) is 12.6 Å². The zero-order valence-corrected chi connectivity index (χ0v) is 14.1. The highest BCUT2D eigenvalue weighted by atomic mass is 16.3. The van der Waals surface area contributed by atoms with Crippen molar-refractivity contribution in [3.63, 3.8) is 0 Å². The van der Waals surface area contributed by atoms with Crippen molar-refractivity contribution in [1.29, 1.82) is 0 Å². The van der Waals surface area contributed by atoms with Crippen LogP contribution < -0.4 is 4.90 Å². The number of carbonyl (C=O) groups excluding carboxylic acids is 1. The third-order valence-electron chi connectivity index (χ3n) is 5.42. The van der Waals surface area contributed by atoms with E-state index in [4.69, 9.17) is 4.42 Å². The average Bonchev–Trinajstić information content (AvgIpc) is 3.13. The molecule has 2 aliphatic heterocycles. The average molecular weight is 324 g/mol. The Morgan fingerprint density at radius 2 is 2.12 bits per heavy atom. The third-order valence-corrected chi connectivity index (χ3v) is 5.42. The number of rotatable bonds is 3. The van der Waals surface area contributed by atoms with Crippen molar-refractivity contribution in [1.82, 2.24) is 4.90 Å². The molecule has 2 unspecified atom stereocenters. The lowest BCUT2D eigenvalue weighted by atomic mass is 9.80. The van der Waals surface area contributed by atoms with E-state index < -0.39 is 0 Å². The Morgan fingerprint density at radius 3 is 2.96 bits per heavy atom. The van der Waals surface area contributed by atoms with Crippen LogP contribution in [0.3, 0.4) is 0 Å². The van der Waals surface area contributed by atoms with Gasteiger partial charge < -0.3 is 14.2 Å². The van der Waals surface area contributed by atoms with E-state index in [9.17, 15) is 4.79 Å². The number of furan rings is 1. The van der Waals surface area contributed by atoms with Gasteiger partial charge in [0.1, 0.15) is 5.76 Å². The van der Waals surface area contributed by atoms with Gasteiger partial charge in [0.2, 0.25) is 5.91 Å². The molecule has 2 aromatic rings. The molecule has 4 rings (SSSR count). The lowest BCUT2D eigenvalue weighted by molar-refractivity contribution is -0.136. The van der Waals surface area contributed by atoms with Crippen molar-refractivity contribution in [2.24, 2.45) is 5.92 Å². The molecule has 0 bridgehead atoms. The molecule has 0 spiro atoms. The van der Waals surface area contributed by atoms with Crippen molar-refractivity contribution >= 4 is 11.6 Å². The predicted octanol–water partition coefficient (Wildman–Crippen LogP) is 3.47. The second-order valence-corrected chi connectivity index (χ2v) is 6.97. The van der Waals surface area contributed by atoms with Gasteiger partial charge in [0, 0.05) is 25.3 Å². The van der Waals surface area contributed by atoms with E-state index in [2.05, 4.69) is 29.2 Å². The Morgan fingerprint density at radius 1 is 1.25 bits per heavy atom. The zero-order valence-electron chi connectivity index (χ0n) is 14.1. The molecule has 3 heterocycles. The van der Waals surface area contributed by atoms with Crippen LogP contribution in [0.5, 0.6) is 0 Å². The second-order valence-electron chi connectivity index (χ2n) is 6.97. The quantitative estimate of drug-likeness (QED) is 0.867. The minimum absolute atomic E-state index is 0.0418. The van der Waals surface area contributed by atoms with Crippen LogP contribution in [0.2, 0.25) is 0 Å². The molecular weight excluding hydrogens is 300 g/mol. The van der Waals surface area contributed by atoms with Crippen molar-refractivity contribution < 1.29 is 9.21 Å². The summed E-state index contributed by atoms with van der Waals surface area (Å²) in [5.74, 6) is 1.11. The SMILES string of the molecule is CN(Cc1ccco1)C(=O)C1Cc2ccccc2N2CCCCC12. The Labute approximate surface area is 143 Å². The fourth-order valence-electron chi connectivity index (χ4n) is 4.26. The van der Waals surface area contributed by atoms with E-state index >= 15 is 0 Å². The summed E-state index contributed by atoms with van der Waals surface area (Å²) < 4.78 is 5.40. The van der Waals surface area contributed by atoms with Gasteiger partial charge in [0.25, 0.3) is 0 Å². The van der Waals surface area contributed by atoms with Crippen LogP contribution in [0.25, 0.3) is 0 Å².